The molecule has 0 atom stereocenters. The summed E-state index contributed by atoms with van der Waals surface area (Å²) in [7, 11) is 1.86. The van der Waals surface area contributed by atoms with E-state index in [0.29, 0.717) is 12.1 Å². The van der Waals surface area contributed by atoms with Crippen molar-refractivity contribution in [1.82, 2.24) is 10.6 Å². The summed E-state index contributed by atoms with van der Waals surface area (Å²) >= 11 is 1.35. The molecule has 4 nitrogen and oxygen atoms in total. The number of hydrogen-bond donors (Lipinski definition) is 2. The lowest BCUT2D eigenvalue weighted by Crippen LogP contribution is -2.26. The number of hydrogen-bond acceptors (Lipinski definition) is 4. The van der Waals surface area contributed by atoms with Crippen molar-refractivity contribution in [2.24, 2.45) is 4.40 Å². The van der Waals surface area contributed by atoms with E-state index < -0.39 is 0 Å². The maximum Gasteiger partial charge on any atom is 0.251 e. The van der Waals surface area contributed by atoms with Gasteiger partial charge in [-0.25, -0.2) is 8.79 Å². The van der Waals surface area contributed by atoms with Crippen LogP contribution in [0.2, 0.25) is 0 Å². The lowest BCUT2D eigenvalue weighted by atomic mass is 10.2. The number of allylic oxidation sites excluding steroid dienone is 3. The van der Waals surface area contributed by atoms with Crippen LogP contribution < -0.4 is 10.6 Å². The minimum Gasteiger partial charge on any atom is -0.352 e. The van der Waals surface area contributed by atoms with Crippen LogP contribution in [0.4, 0.5) is 4.39 Å². The minimum atomic E-state index is -0.332. The molecule has 1 aromatic carbocycles. The molecule has 0 spiro atoms. The van der Waals surface area contributed by atoms with E-state index in [2.05, 4.69) is 28.2 Å². The molecule has 0 aromatic heterocycles. The molecular weight excluding hydrogens is 349 g/mol. The van der Waals surface area contributed by atoms with Crippen LogP contribution in [0.3, 0.4) is 0 Å². The van der Waals surface area contributed by atoms with Gasteiger partial charge in [0.2, 0.25) is 0 Å². The van der Waals surface area contributed by atoms with Crippen LogP contribution in [0.1, 0.15) is 30.1 Å². The third kappa shape index (κ3) is 13.1. The second-order valence-corrected chi connectivity index (χ2v) is 5.99. The van der Waals surface area contributed by atoms with Crippen LogP contribution >= 0.6 is 11.9 Å². The van der Waals surface area contributed by atoms with Crippen LogP contribution in [-0.4, -0.2) is 32.3 Å². The molecule has 26 heavy (non-hydrogen) atoms. The normalized spacial score (nSPS) is 10.4. The maximum absolute atomic E-state index is 12.6. The molecule has 1 amide bonds. The lowest BCUT2D eigenvalue weighted by Gasteiger charge is -2.04. The molecule has 2 N–H and O–H groups in total. The highest BCUT2D eigenvalue weighted by molar-refractivity contribution is 8.02. The number of amides is 1. The smallest absolute Gasteiger partial charge is 0.251 e. The van der Waals surface area contributed by atoms with E-state index in [1.165, 1.54) is 36.2 Å². The Morgan fingerprint density at radius 2 is 2.00 bits per heavy atom. The van der Waals surface area contributed by atoms with Crippen LogP contribution in [0.5, 0.6) is 0 Å². The van der Waals surface area contributed by atoms with Gasteiger partial charge in [0.15, 0.2) is 0 Å². The van der Waals surface area contributed by atoms with Gasteiger partial charge in [-0.3, -0.25) is 4.79 Å². The molecule has 0 radical (unpaired) electrons. The highest BCUT2D eigenvalue weighted by atomic mass is 32.2. The number of benzene rings is 1. The van der Waals surface area contributed by atoms with Crippen molar-refractivity contribution in [3.63, 3.8) is 0 Å². The van der Waals surface area contributed by atoms with Crippen molar-refractivity contribution in [3.8, 4) is 0 Å². The molecular formula is C20H28FN3OS. The number of carbonyl (C=O) groups excluding carboxylic acids is 1. The van der Waals surface area contributed by atoms with E-state index in [1.54, 1.807) is 6.08 Å². The first-order valence-electron chi connectivity index (χ1n) is 8.34. The average molecular weight is 378 g/mol. The Morgan fingerprint density at radius 3 is 2.58 bits per heavy atom. The number of rotatable bonds is 10. The van der Waals surface area contributed by atoms with Crippen LogP contribution in [0.15, 0.2) is 65.0 Å². The first kappa shape index (κ1) is 23.8. The van der Waals surface area contributed by atoms with Gasteiger partial charge < -0.3 is 10.6 Å². The first-order valence-corrected chi connectivity index (χ1v) is 9.12. The second kappa shape index (κ2) is 16.3. The number of halogens is 1. The summed E-state index contributed by atoms with van der Waals surface area (Å²) in [5.74, 6) is -0.493. The van der Waals surface area contributed by atoms with Gasteiger partial charge >= 0.3 is 0 Å². The van der Waals surface area contributed by atoms with Crippen molar-refractivity contribution in [2.75, 3.05) is 20.1 Å². The molecule has 0 saturated carbocycles. The van der Waals surface area contributed by atoms with Crippen molar-refractivity contribution in [1.29, 1.82) is 0 Å². The van der Waals surface area contributed by atoms with E-state index in [0.717, 1.165) is 24.3 Å². The summed E-state index contributed by atoms with van der Waals surface area (Å²) in [5.41, 5.74) is 0.487. The Bertz CT molecular complexity index is 598. The summed E-state index contributed by atoms with van der Waals surface area (Å²) in [6.45, 7) is 10.7. The fraction of sp³-hybridized carbons (Fsp3) is 0.300. The molecule has 0 bridgehead atoms. The Morgan fingerprint density at radius 1 is 1.31 bits per heavy atom. The molecule has 1 rings (SSSR count). The van der Waals surface area contributed by atoms with E-state index in [4.69, 9.17) is 0 Å². The zero-order chi connectivity index (χ0) is 19.6. The molecule has 0 saturated heterocycles. The maximum atomic E-state index is 12.6. The molecule has 6 heteroatoms. The SMILES string of the molecule is C=CC(=C)S/N=C\C/C=C\C.CNCCCNC(=O)c1ccc(F)cc1. The van der Waals surface area contributed by atoms with Crippen LogP contribution in [-0.2, 0) is 0 Å². The predicted octanol–water partition coefficient (Wildman–Crippen LogP) is 4.54. The molecule has 142 valence electrons. The summed E-state index contributed by atoms with van der Waals surface area (Å²) in [5, 5.41) is 5.74. The van der Waals surface area contributed by atoms with Crippen LogP contribution in [0, 0.1) is 5.82 Å². The molecule has 0 heterocycles. The van der Waals surface area contributed by atoms with Gasteiger partial charge in [-0.15, -0.1) is 0 Å². The Labute approximate surface area is 160 Å². The average Bonchev–Trinajstić information content (AvgIpc) is 2.65. The summed E-state index contributed by atoms with van der Waals surface area (Å²) in [6.07, 6.45) is 9.34. The van der Waals surface area contributed by atoms with Crippen molar-refractivity contribution < 1.29 is 9.18 Å². The standard InChI is InChI=1S/C11H15FN2O.C9H13NS/c1-13-7-2-8-14-11(15)9-3-5-10(12)6-4-9;1-4-6-7-8-10-11-9(3)5-2/h3-6,13H,2,7-8H2,1H3,(H,14,15);4-6,8H,2-3,7H2,1H3/b;6-4-,10-8-. The van der Waals surface area contributed by atoms with E-state index in [-0.39, 0.29) is 11.7 Å². The predicted molar refractivity (Wildman–Crippen MR) is 112 cm³/mol. The highest BCUT2D eigenvalue weighted by Crippen LogP contribution is 2.13. The highest BCUT2D eigenvalue weighted by Gasteiger charge is 2.03. The molecule has 0 aliphatic rings. The number of nitrogens with zero attached hydrogens (tertiary/aromatic N) is 1. The van der Waals surface area contributed by atoms with Crippen molar-refractivity contribution in [2.45, 2.75) is 19.8 Å². The lowest BCUT2D eigenvalue weighted by molar-refractivity contribution is 0.0953. The Hall–Kier alpha value is -2.18. The fourth-order valence-electron chi connectivity index (χ4n) is 1.55. The number of carbonyl (C=O) groups is 1. The monoisotopic (exact) mass is 377 g/mol. The van der Waals surface area contributed by atoms with Gasteiger partial charge in [0.1, 0.15) is 5.82 Å². The summed E-state index contributed by atoms with van der Waals surface area (Å²) in [4.78, 5) is 12.3. The van der Waals surface area contributed by atoms with Gasteiger partial charge in [-0.2, -0.15) is 0 Å². The zero-order valence-electron chi connectivity index (χ0n) is 15.5. The summed E-state index contributed by atoms with van der Waals surface area (Å²) in [6, 6.07) is 5.51. The topological polar surface area (TPSA) is 53.5 Å². The Balaban J connectivity index is 0.000000508. The Kier molecular flexibility index (Phi) is 14.9. The molecule has 0 aliphatic heterocycles. The molecule has 1 aromatic rings. The van der Waals surface area contributed by atoms with Crippen molar-refractivity contribution in [3.05, 3.63) is 71.9 Å². The number of nitrogens with one attached hydrogen (secondary N) is 2. The van der Waals surface area contributed by atoms with Gasteiger partial charge in [-0.05, 0) is 51.2 Å². The first-order chi connectivity index (χ1) is 12.5. The third-order valence-corrected chi connectivity index (χ3v) is 3.60. The van der Waals surface area contributed by atoms with Crippen molar-refractivity contribution >= 4 is 24.1 Å². The van der Waals surface area contributed by atoms with Crippen LogP contribution in [0.25, 0.3) is 0 Å². The third-order valence-electron chi connectivity index (χ3n) is 2.94. The fourth-order valence-corrected chi connectivity index (χ4v) is 1.92. The van der Waals surface area contributed by atoms with Gasteiger partial charge in [0.05, 0.1) is 0 Å². The summed E-state index contributed by atoms with van der Waals surface area (Å²) < 4.78 is 16.6. The molecule has 0 unspecified atom stereocenters. The zero-order valence-corrected chi connectivity index (χ0v) is 16.3. The molecule has 0 aliphatic carbocycles. The largest absolute Gasteiger partial charge is 0.352 e. The van der Waals surface area contributed by atoms with E-state index in [1.807, 2.05) is 32.3 Å². The van der Waals surface area contributed by atoms with Gasteiger partial charge in [0.25, 0.3) is 5.91 Å². The quantitative estimate of drug-likeness (QED) is 0.207. The molecule has 0 fully saturated rings. The van der Waals surface area contributed by atoms with E-state index >= 15 is 0 Å². The minimum absolute atomic E-state index is 0.161. The van der Waals surface area contributed by atoms with Gasteiger partial charge in [-0.1, -0.05) is 31.4 Å². The van der Waals surface area contributed by atoms with E-state index in [9.17, 15) is 9.18 Å². The van der Waals surface area contributed by atoms with Gasteiger partial charge in [0, 0.05) is 41.6 Å². The second-order valence-electron chi connectivity index (χ2n) is 5.07.